The van der Waals surface area contributed by atoms with Gasteiger partial charge in [0, 0.05) is 24.0 Å². The molecule has 0 aromatic carbocycles. The minimum absolute atomic E-state index is 0.134. The highest BCUT2D eigenvalue weighted by Gasteiger charge is 2.33. The van der Waals surface area contributed by atoms with Crippen molar-refractivity contribution in [1.82, 2.24) is 16.0 Å². The molecule has 194 valence electrons. The Morgan fingerprint density at radius 1 is 0.971 bits per heavy atom. The van der Waals surface area contributed by atoms with E-state index in [2.05, 4.69) is 16.0 Å². The van der Waals surface area contributed by atoms with Crippen molar-refractivity contribution >= 4 is 45.1 Å². The number of carbonyl (C=O) groups excluding carboxylic acids is 4. The van der Waals surface area contributed by atoms with Gasteiger partial charge in [0.05, 0.1) is 6.04 Å². The van der Waals surface area contributed by atoms with Crippen molar-refractivity contribution in [2.45, 2.75) is 109 Å². The lowest BCUT2D eigenvalue weighted by molar-refractivity contribution is -0.141. The zero-order valence-corrected chi connectivity index (χ0v) is 22.7. The fourth-order valence-electron chi connectivity index (χ4n) is 4.66. The van der Waals surface area contributed by atoms with Gasteiger partial charge in [0.15, 0.2) is 0 Å². The van der Waals surface area contributed by atoms with E-state index in [9.17, 15) is 19.2 Å². The number of likely N-dealkylation sites (N-methyl/N-ethyl adjacent to an activating group) is 1. The summed E-state index contributed by atoms with van der Waals surface area (Å²) in [6, 6.07) is -1.59. The van der Waals surface area contributed by atoms with E-state index in [4.69, 9.17) is 0 Å². The lowest BCUT2D eigenvalue weighted by Crippen LogP contribution is -2.55. The van der Waals surface area contributed by atoms with E-state index in [0.29, 0.717) is 30.6 Å². The Kier molecular flexibility index (Phi) is 13.4. The van der Waals surface area contributed by atoms with Crippen LogP contribution in [0.2, 0.25) is 0 Å². The molecule has 1 saturated carbocycles. The molecule has 1 unspecified atom stereocenters. The molecule has 1 aliphatic heterocycles. The molecule has 7 nitrogen and oxygen atoms in total. The molecule has 9 heteroatoms. The summed E-state index contributed by atoms with van der Waals surface area (Å²) in [4.78, 5) is 50.8. The minimum Gasteiger partial charge on any atom is -0.350 e. The number of rotatable bonds is 14. The molecule has 1 heterocycles. The van der Waals surface area contributed by atoms with Crippen molar-refractivity contribution in [3.8, 4) is 0 Å². The SMILES string of the molecule is CCNC(=O)C(=O)[C@H](CC1CCCCC1)NC(=O)[C@@H](NC(=O)CCCCC1CCSS1)C(C)C. The van der Waals surface area contributed by atoms with Crippen molar-refractivity contribution in [2.75, 3.05) is 12.3 Å². The number of ketones is 1. The quantitative estimate of drug-likeness (QED) is 0.184. The standard InChI is InChI=1S/C25H43N3O4S2/c1-4-26-25(32)23(30)20(16-18-10-6-5-7-11-18)27-24(31)22(17(2)3)28-21(29)13-9-8-12-19-14-15-33-34-19/h17-20,22H,4-16H2,1-3H3,(H,26,32)(H,27,31)(H,28,29)/t19?,20-,22-/m0/s1. The zero-order chi connectivity index (χ0) is 24.9. The average molecular weight is 514 g/mol. The lowest BCUT2D eigenvalue weighted by atomic mass is 9.83. The first-order valence-electron chi connectivity index (χ1n) is 13.0. The highest BCUT2D eigenvalue weighted by Crippen LogP contribution is 2.39. The summed E-state index contributed by atoms with van der Waals surface area (Å²) in [5.74, 6) is -0.384. The number of hydrogen-bond donors (Lipinski definition) is 3. The van der Waals surface area contributed by atoms with Gasteiger partial charge in [-0.1, -0.05) is 74.0 Å². The Hall–Kier alpha value is -1.22. The van der Waals surface area contributed by atoms with Crippen LogP contribution in [0.25, 0.3) is 0 Å². The van der Waals surface area contributed by atoms with Crippen molar-refractivity contribution in [2.24, 2.45) is 11.8 Å². The van der Waals surface area contributed by atoms with Gasteiger partial charge in [-0.3, -0.25) is 19.2 Å². The molecule has 3 amide bonds. The number of carbonyl (C=O) groups is 4. The van der Waals surface area contributed by atoms with Crippen molar-refractivity contribution in [3.05, 3.63) is 0 Å². The van der Waals surface area contributed by atoms with Crippen molar-refractivity contribution in [1.29, 1.82) is 0 Å². The molecule has 34 heavy (non-hydrogen) atoms. The summed E-state index contributed by atoms with van der Waals surface area (Å²) in [5, 5.41) is 8.96. The normalized spacial score (nSPS) is 20.5. The molecule has 2 aliphatic rings. The second kappa shape index (κ2) is 15.7. The van der Waals surface area contributed by atoms with Crippen LogP contribution in [0.1, 0.15) is 91.4 Å². The minimum atomic E-state index is -0.859. The smallest absolute Gasteiger partial charge is 0.289 e. The molecule has 1 aliphatic carbocycles. The third-order valence-electron chi connectivity index (χ3n) is 6.66. The summed E-state index contributed by atoms with van der Waals surface area (Å²) >= 11 is 0. The second-order valence-corrected chi connectivity index (χ2v) is 12.7. The maximum atomic E-state index is 13.1. The first-order chi connectivity index (χ1) is 16.3. The van der Waals surface area contributed by atoms with E-state index in [1.807, 2.05) is 35.4 Å². The zero-order valence-electron chi connectivity index (χ0n) is 21.0. The number of unbranched alkanes of at least 4 members (excludes halogenated alkanes) is 1. The van der Waals surface area contributed by atoms with Crippen LogP contribution in [0.5, 0.6) is 0 Å². The predicted molar refractivity (Wildman–Crippen MR) is 141 cm³/mol. The summed E-state index contributed by atoms with van der Waals surface area (Å²) in [5.41, 5.74) is 0. The van der Waals surface area contributed by atoms with E-state index in [1.54, 1.807) is 6.92 Å². The van der Waals surface area contributed by atoms with E-state index in [1.165, 1.54) is 18.6 Å². The van der Waals surface area contributed by atoms with Gasteiger partial charge in [-0.2, -0.15) is 0 Å². The van der Waals surface area contributed by atoms with Gasteiger partial charge in [-0.05, 0) is 44.4 Å². The van der Waals surface area contributed by atoms with Crippen LogP contribution in [-0.4, -0.2) is 53.1 Å². The highest BCUT2D eigenvalue weighted by atomic mass is 33.1. The first-order valence-corrected chi connectivity index (χ1v) is 15.4. The molecule has 3 atom stereocenters. The van der Waals surface area contributed by atoms with Crippen LogP contribution in [-0.2, 0) is 19.2 Å². The molecule has 1 saturated heterocycles. The second-order valence-electron chi connectivity index (χ2n) is 9.89. The maximum Gasteiger partial charge on any atom is 0.289 e. The molecular weight excluding hydrogens is 470 g/mol. The predicted octanol–water partition coefficient (Wildman–Crippen LogP) is 4.00. The monoisotopic (exact) mass is 513 g/mol. The molecule has 0 spiro atoms. The number of Topliss-reactive ketones (excluding diaryl/α,β-unsaturated/α-hetero) is 1. The van der Waals surface area contributed by atoms with Gasteiger partial charge in [0.2, 0.25) is 17.6 Å². The Morgan fingerprint density at radius 2 is 1.71 bits per heavy atom. The average Bonchev–Trinajstić information content (AvgIpc) is 3.33. The van der Waals surface area contributed by atoms with Crippen LogP contribution >= 0.6 is 21.6 Å². The van der Waals surface area contributed by atoms with E-state index < -0.39 is 23.8 Å². The summed E-state index contributed by atoms with van der Waals surface area (Å²) < 4.78 is 0. The molecule has 2 rings (SSSR count). The van der Waals surface area contributed by atoms with E-state index in [-0.39, 0.29) is 17.7 Å². The summed E-state index contributed by atoms with van der Waals surface area (Å²) in [7, 11) is 3.88. The molecule has 0 aromatic rings. The van der Waals surface area contributed by atoms with Crippen molar-refractivity contribution in [3.63, 3.8) is 0 Å². The first kappa shape index (κ1) is 29.0. The topological polar surface area (TPSA) is 104 Å². The summed E-state index contributed by atoms with van der Waals surface area (Å²) in [6.45, 7) is 5.87. The Bertz CT molecular complexity index is 677. The van der Waals surface area contributed by atoms with Gasteiger partial charge < -0.3 is 16.0 Å². The fourth-order valence-corrected chi connectivity index (χ4v) is 7.69. The van der Waals surface area contributed by atoms with E-state index >= 15 is 0 Å². The Morgan fingerprint density at radius 3 is 2.32 bits per heavy atom. The molecular formula is C25H43N3O4S2. The van der Waals surface area contributed by atoms with Gasteiger partial charge in [0.1, 0.15) is 6.04 Å². The van der Waals surface area contributed by atoms with Crippen LogP contribution in [0.4, 0.5) is 0 Å². The molecule has 0 bridgehead atoms. The Balaban J connectivity index is 1.91. The van der Waals surface area contributed by atoms with Crippen LogP contribution in [0, 0.1) is 11.8 Å². The largest absolute Gasteiger partial charge is 0.350 e. The third kappa shape index (κ3) is 10.2. The van der Waals surface area contributed by atoms with Gasteiger partial charge in [-0.15, -0.1) is 0 Å². The highest BCUT2D eigenvalue weighted by molar-refractivity contribution is 8.77. The number of nitrogens with one attached hydrogen (secondary N) is 3. The summed E-state index contributed by atoms with van der Waals surface area (Å²) in [6.07, 6.45) is 10.5. The van der Waals surface area contributed by atoms with Gasteiger partial charge >= 0.3 is 0 Å². The van der Waals surface area contributed by atoms with Gasteiger partial charge in [-0.25, -0.2) is 0 Å². The third-order valence-corrected chi connectivity index (χ3v) is 9.67. The number of amides is 3. The number of hydrogen-bond acceptors (Lipinski definition) is 6. The van der Waals surface area contributed by atoms with Crippen LogP contribution in [0.3, 0.4) is 0 Å². The Labute approximate surface area is 212 Å². The molecule has 0 aromatic heterocycles. The van der Waals surface area contributed by atoms with Crippen LogP contribution < -0.4 is 16.0 Å². The lowest BCUT2D eigenvalue weighted by Gasteiger charge is -2.28. The fraction of sp³-hybridized carbons (Fsp3) is 0.840. The van der Waals surface area contributed by atoms with Crippen LogP contribution in [0.15, 0.2) is 0 Å². The van der Waals surface area contributed by atoms with Crippen molar-refractivity contribution < 1.29 is 19.2 Å². The van der Waals surface area contributed by atoms with Gasteiger partial charge in [0.25, 0.3) is 5.91 Å². The maximum absolute atomic E-state index is 13.1. The van der Waals surface area contributed by atoms with E-state index in [0.717, 1.165) is 44.9 Å². The molecule has 2 fully saturated rings. The molecule has 0 radical (unpaired) electrons. The molecule has 3 N–H and O–H groups in total.